The summed E-state index contributed by atoms with van der Waals surface area (Å²) in [7, 11) is 2.06. The van der Waals surface area contributed by atoms with Crippen LogP contribution in [0.15, 0.2) is 66.7 Å². The molecule has 0 spiro atoms. The quantitative estimate of drug-likeness (QED) is 0.721. The molecule has 0 radical (unpaired) electrons. The molecule has 29 heavy (non-hydrogen) atoms. The van der Waals surface area contributed by atoms with Crippen molar-refractivity contribution < 1.29 is 9.53 Å². The summed E-state index contributed by atoms with van der Waals surface area (Å²) in [5, 5.41) is 11.5. The first kappa shape index (κ1) is 18.9. The molecule has 0 atom stereocenters. The summed E-state index contributed by atoms with van der Waals surface area (Å²) in [6, 6.07) is 20.7. The molecule has 1 saturated heterocycles. The van der Waals surface area contributed by atoms with E-state index in [0.717, 1.165) is 24.5 Å². The van der Waals surface area contributed by atoms with Gasteiger partial charge in [-0.2, -0.15) is 0 Å². The minimum absolute atomic E-state index is 0.0787. The van der Waals surface area contributed by atoms with E-state index in [-0.39, 0.29) is 5.91 Å². The van der Waals surface area contributed by atoms with Crippen LogP contribution < -0.4 is 10.1 Å². The SMILES string of the molecule is CN1CCN(C(=O)c2ccc(Nc3ccccc3Oc3ccccc3)nn2)CC1. The first-order valence-electron chi connectivity index (χ1n) is 9.59. The van der Waals surface area contributed by atoms with Crippen molar-refractivity contribution in [3.63, 3.8) is 0 Å². The highest BCUT2D eigenvalue weighted by molar-refractivity contribution is 5.92. The predicted octanol–water partition coefficient (Wildman–Crippen LogP) is 3.40. The number of likely N-dealkylation sites (N-methyl/N-ethyl adjacent to an activating group) is 1. The van der Waals surface area contributed by atoms with Crippen molar-refractivity contribution in [1.29, 1.82) is 0 Å². The number of benzene rings is 2. The fourth-order valence-electron chi connectivity index (χ4n) is 3.10. The Bertz CT molecular complexity index is 954. The van der Waals surface area contributed by atoms with Crippen LogP contribution in [0.25, 0.3) is 0 Å². The molecule has 2 heterocycles. The van der Waals surface area contributed by atoms with Gasteiger partial charge in [-0.25, -0.2) is 0 Å². The number of nitrogens with one attached hydrogen (secondary N) is 1. The number of hydrogen-bond acceptors (Lipinski definition) is 6. The summed E-state index contributed by atoms with van der Waals surface area (Å²) < 4.78 is 5.96. The number of para-hydroxylation sites is 3. The van der Waals surface area contributed by atoms with Crippen LogP contribution >= 0.6 is 0 Å². The van der Waals surface area contributed by atoms with Crippen molar-refractivity contribution in [2.24, 2.45) is 0 Å². The standard InChI is InChI=1S/C22H23N5O2/c1-26-13-15-27(16-14-26)22(28)19-11-12-21(25-24-19)23-18-9-5-6-10-20(18)29-17-7-3-2-4-8-17/h2-12H,13-16H2,1H3,(H,23,25). The first-order valence-corrected chi connectivity index (χ1v) is 9.59. The van der Waals surface area contributed by atoms with E-state index in [9.17, 15) is 4.79 Å². The number of aromatic nitrogens is 2. The topological polar surface area (TPSA) is 70.6 Å². The van der Waals surface area contributed by atoms with Gasteiger partial charge in [0.25, 0.3) is 5.91 Å². The van der Waals surface area contributed by atoms with Gasteiger partial charge < -0.3 is 19.9 Å². The average Bonchev–Trinajstić information content (AvgIpc) is 2.76. The van der Waals surface area contributed by atoms with Crippen LogP contribution in [0.5, 0.6) is 11.5 Å². The maximum Gasteiger partial charge on any atom is 0.274 e. The summed E-state index contributed by atoms with van der Waals surface area (Å²) in [6.45, 7) is 3.16. The Labute approximate surface area is 169 Å². The van der Waals surface area contributed by atoms with Crippen LogP contribution in [0.1, 0.15) is 10.5 Å². The number of amides is 1. The number of hydrogen-bond donors (Lipinski definition) is 1. The van der Waals surface area contributed by atoms with Gasteiger partial charge in [-0.15, -0.1) is 10.2 Å². The van der Waals surface area contributed by atoms with Gasteiger partial charge >= 0.3 is 0 Å². The van der Waals surface area contributed by atoms with Crippen LogP contribution in [0.3, 0.4) is 0 Å². The van der Waals surface area contributed by atoms with Gasteiger partial charge in [-0.3, -0.25) is 4.79 Å². The average molecular weight is 389 g/mol. The lowest BCUT2D eigenvalue weighted by molar-refractivity contribution is 0.0657. The molecule has 0 aliphatic carbocycles. The van der Waals surface area contributed by atoms with E-state index in [1.165, 1.54) is 0 Å². The Hall–Kier alpha value is -3.45. The van der Waals surface area contributed by atoms with Gasteiger partial charge in [0.1, 0.15) is 5.75 Å². The smallest absolute Gasteiger partial charge is 0.274 e. The Kier molecular flexibility index (Phi) is 5.67. The Morgan fingerprint density at radius 1 is 0.897 bits per heavy atom. The van der Waals surface area contributed by atoms with E-state index < -0.39 is 0 Å². The number of ether oxygens (including phenoxy) is 1. The monoisotopic (exact) mass is 389 g/mol. The molecule has 3 aromatic rings. The number of piperazine rings is 1. The lowest BCUT2D eigenvalue weighted by Crippen LogP contribution is -2.47. The number of carbonyl (C=O) groups excluding carboxylic acids is 1. The van der Waals surface area contributed by atoms with Crippen LogP contribution in [0.4, 0.5) is 11.5 Å². The molecule has 148 valence electrons. The summed E-state index contributed by atoms with van der Waals surface area (Å²) in [4.78, 5) is 16.6. The van der Waals surface area contributed by atoms with Crippen LogP contribution in [-0.2, 0) is 0 Å². The molecule has 1 aliphatic rings. The van der Waals surface area contributed by atoms with Crippen molar-refractivity contribution in [2.45, 2.75) is 0 Å². The maximum absolute atomic E-state index is 12.6. The maximum atomic E-state index is 12.6. The van der Waals surface area contributed by atoms with Crippen LogP contribution in [0, 0.1) is 0 Å². The van der Waals surface area contributed by atoms with Crippen molar-refractivity contribution in [3.8, 4) is 11.5 Å². The molecule has 1 N–H and O–H groups in total. The van der Waals surface area contributed by atoms with Crippen molar-refractivity contribution in [3.05, 3.63) is 72.4 Å². The molecule has 0 saturated carbocycles. The zero-order chi connectivity index (χ0) is 20.1. The first-order chi connectivity index (χ1) is 14.2. The Balaban J connectivity index is 1.45. The third-order valence-electron chi connectivity index (χ3n) is 4.79. The molecular formula is C22H23N5O2. The lowest BCUT2D eigenvalue weighted by atomic mass is 10.2. The molecule has 1 amide bonds. The molecule has 0 unspecified atom stereocenters. The van der Waals surface area contributed by atoms with E-state index in [1.54, 1.807) is 12.1 Å². The van der Waals surface area contributed by atoms with Gasteiger partial charge in [-0.05, 0) is 43.4 Å². The van der Waals surface area contributed by atoms with E-state index in [0.29, 0.717) is 30.4 Å². The van der Waals surface area contributed by atoms with Gasteiger partial charge in [0.15, 0.2) is 17.3 Å². The van der Waals surface area contributed by atoms with Crippen molar-refractivity contribution in [2.75, 3.05) is 38.5 Å². The molecule has 7 nitrogen and oxygen atoms in total. The van der Waals surface area contributed by atoms with Crippen LogP contribution in [0.2, 0.25) is 0 Å². The molecular weight excluding hydrogens is 366 g/mol. The van der Waals surface area contributed by atoms with Crippen molar-refractivity contribution >= 4 is 17.4 Å². The Morgan fingerprint density at radius 2 is 1.62 bits per heavy atom. The fraction of sp³-hybridized carbons (Fsp3) is 0.227. The molecule has 2 aromatic carbocycles. The largest absolute Gasteiger partial charge is 0.455 e. The van der Waals surface area contributed by atoms with Gasteiger partial charge in [-0.1, -0.05) is 30.3 Å². The molecule has 1 aromatic heterocycles. The highest BCUT2D eigenvalue weighted by Crippen LogP contribution is 2.30. The minimum atomic E-state index is -0.0787. The highest BCUT2D eigenvalue weighted by Gasteiger charge is 2.21. The minimum Gasteiger partial charge on any atom is -0.455 e. The summed E-state index contributed by atoms with van der Waals surface area (Å²) in [6.07, 6.45) is 0. The third kappa shape index (κ3) is 4.70. The van der Waals surface area contributed by atoms with Gasteiger partial charge in [0.2, 0.25) is 0 Å². The van der Waals surface area contributed by atoms with Gasteiger partial charge in [0, 0.05) is 26.2 Å². The second-order valence-corrected chi connectivity index (χ2v) is 6.94. The second-order valence-electron chi connectivity index (χ2n) is 6.94. The fourth-order valence-corrected chi connectivity index (χ4v) is 3.10. The van der Waals surface area contributed by atoms with Crippen LogP contribution in [-0.4, -0.2) is 59.1 Å². The number of carbonyl (C=O) groups is 1. The highest BCUT2D eigenvalue weighted by atomic mass is 16.5. The van der Waals surface area contributed by atoms with E-state index >= 15 is 0 Å². The summed E-state index contributed by atoms with van der Waals surface area (Å²) >= 11 is 0. The second kappa shape index (κ2) is 8.70. The van der Waals surface area contributed by atoms with E-state index in [4.69, 9.17) is 4.74 Å². The lowest BCUT2D eigenvalue weighted by Gasteiger charge is -2.32. The molecule has 4 rings (SSSR count). The van der Waals surface area contributed by atoms with E-state index in [1.807, 2.05) is 59.5 Å². The number of rotatable bonds is 5. The zero-order valence-electron chi connectivity index (χ0n) is 16.3. The normalized spacial score (nSPS) is 14.4. The number of nitrogens with zero attached hydrogens (tertiary/aromatic N) is 4. The summed E-state index contributed by atoms with van der Waals surface area (Å²) in [5.41, 5.74) is 1.12. The molecule has 0 bridgehead atoms. The molecule has 7 heteroatoms. The molecule has 1 aliphatic heterocycles. The predicted molar refractivity (Wildman–Crippen MR) is 112 cm³/mol. The molecule has 1 fully saturated rings. The van der Waals surface area contributed by atoms with Gasteiger partial charge in [0.05, 0.1) is 5.69 Å². The van der Waals surface area contributed by atoms with Crippen molar-refractivity contribution in [1.82, 2.24) is 20.0 Å². The third-order valence-corrected chi connectivity index (χ3v) is 4.79. The Morgan fingerprint density at radius 3 is 2.34 bits per heavy atom. The summed E-state index contributed by atoms with van der Waals surface area (Å²) in [5.74, 6) is 1.90. The van der Waals surface area contributed by atoms with E-state index in [2.05, 4.69) is 27.5 Å². The number of anilines is 2. The zero-order valence-corrected chi connectivity index (χ0v) is 16.3.